The van der Waals surface area contributed by atoms with Gasteiger partial charge in [0.1, 0.15) is 17.3 Å². The number of para-hydroxylation sites is 1. The molecule has 0 aliphatic heterocycles. The fourth-order valence-corrected chi connectivity index (χ4v) is 2.75. The van der Waals surface area contributed by atoms with Crippen LogP contribution in [0.5, 0.6) is 11.5 Å². The summed E-state index contributed by atoms with van der Waals surface area (Å²) in [6.45, 7) is 0. The lowest BCUT2D eigenvalue weighted by atomic mass is 10.1. The lowest BCUT2D eigenvalue weighted by Gasteiger charge is -2.12. The van der Waals surface area contributed by atoms with Crippen LogP contribution in [-0.2, 0) is 0 Å². The van der Waals surface area contributed by atoms with Crippen molar-refractivity contribution in [3.63, 3.8) is 0 Å². The van der Waals surface area contributed by atoms with E-state index in [0.717, 1.165) is 12.1 Å². The standard InChI is InChI=1S/C23H18FNO6/c1-30-21-5-3-2-4-15(21)8-12-20(26)19-14-17(24)9-13-22(19)31-23(27)16-6-10-18(11-7-16)25(28)29/h2-14,25,28H,1H3. The molecule has 3 rings (SSSR count). The Labute approximate surface area is 177 Å². The molecule has 3 aromatic carbocycles. The lowest BCUT2D eigenvalue weighted by molar-refractivity contribution is -0.991. The first-order valence-corrected chi connectivity index (χ1v) is 9.09. The number of hydrogen-bond acceptors (Lipinski definition) is 6. The van der Waals surface area contributed by atoms with Gasteiger partial charge in [-0.2, -0.15) is 5.23 Å². The molecule has 0 radical (unpaired) electrons. The maximum Gasteiger partial charge on any atom is 0.343 e. The number of methoxy groups -OCH3 is 1. The Bertz CT molecular complexity index is 1130. The first kappa shape index (κ1) is 21.8. The molecule has 3 aromatic rings. The van der Waals surface area contributed by atoms with Gasteiger partial charge in [-0.05, 0) is 48.6 Å². The maximum absolute atomic E-state index is 13.8. The Balaban J connectivity index is 1.84. The largest absolute Gasteiger partial charge is 0.595 e. The molecule has 0 amide bonds. The molecule has 2 N–H and O–H groups in total. The highest BCUT2D eigenvalue weighted by molar-refractivity contribution is 6.09. The minimum Gasteiger partial charge on any atom is -0.595 e. The summed E-state index contributed by atoms with van der Waals surface area (Å²) in [5.41, 5.74) is 0.599. The number of rotatable bonds is 7. The molecule has 0 bridgehead atoms. The van der Waals surface area contributed by atoms with Gasteiger partial charge in [0.15, 0.2) is 11.5 Å². The van der Waals surface area contributed by atoms with E-state index in [1.54, 1.807) is 24.3 Å². The summed E-state index contributed by atoms with van der Waals surface area (Å²) in [5.74, 6) is -1.62. The highest BCUT2D eigenvalue weighted by Gasteiger charge is 2.17. The second kappa shape index (κ2) is 9.77. The lowest BCUT2D eigenvalue weighted by Crippen LogP contribution is -2.99. The molecule has 0 aliphatic rings. The molecule has 158 valence electrons. The Morgan fingerprint density at radius 3 is 2.42 bits per heavy atom. The number of ether oxygens (including phenoxy) is 2. The van der Waals surface area contributed by atoms with Crippen molar-refractivity contribution in [3.8, 4) is 11.5 Å². The highest BCUT2D eigenvalue weighted by Crippen LogP contribution is 2.24. The predicted octanol–water partition coefficient (Wildman–Crippen LogP) is 3.35. The van der Waals surface area contributed by atoms with Crippen molar-refractivity contribution in [2.45, 2.75) is 0 Å². The molecule has 0 spiro atoms. The van der Waals surface area contributed by atoms with Crippen LogP contribution < -0.4 is 14.7 Å². The van der Waals surface area contributed by atoms with E-state index in [9.17, 15) is 19.2 Å². The van der Waals surface area contributed by atoms with Gasteiger partial charge in [0.05, 0.1) is 18.2 Å². The van der Waals surface area contributed by atoms with E-state index >= 15 is 0 Å². The van der Waals surface area contributed by atoms with Crippen LogP contribution in [0.2, 0.25) is 0 Å². The molecule has 0 fully saturated rings. The number of allylic oxidation sites excluding steroid dienone is 1. The first-order valence-electron chi connectivity index (χ1n) is 9.09. The molecule has 1 atom stereocenters. The quantitative estimate of drug-likeness (QED) is 0.199. The first-order chi connectivity index (χ1) is 14.9. The monoisotopic (exact) mass is 423 g/mol. The molecule has 8 heteroatoms. The summed E-state index contributed by atoms with van der Waals surface area (Å²) in [4.78, 5) is 25.1. The van der Waals surface area contributed by atoms with E-state index in [1.807, 2.05) is 0 Å². The summed E-state index contributed by atoms with van der Waals surface area (Å²) < 4.78 is 24.3. The zero-order valence-electron chi connectivity index (χ0n) is 16.4. The van der Waals surface area contributed by atoms with Crippen molar-refractivity contribution in [1.82, 2.24) is 0 Å². The van der Waals surface area contributed by atoms with Gasteiger partial charge in [0, 0.05) is 17.7 Å². The summed E-state index contributed by atoms with van der Waals surface area (Å²) in [6, 6.07) is 15.4. The van der Waals surface area contributed by atoms with Gasteiger partial charge in [-0.25, -0.2) is 14.4 Å². The molecule has 0 saturated heterocycles. The maximum atomic E-state index is 13.8. The van der Waals surface area contributed by atoms with Crippen molar-refractivity contribution in [2.24, 2.45) is 0 Å². The second-order valence-electron chi connectivity index (χ2n) is 6.35. The van der Waals surface area contributed by atoms with Gasteiger partial charge in [-0.1, -0.05) is 18.2 Å². The number of halogens is 1. The zero-order valence-corrected chi connectivity index (χ0v) is 16.4. The highest BCUT2D eigenvalue weighted by atomic mass is 19.1. The van der Waals surface area contributed by atoms with Gasteiger partial charge >= 0.3 is 5.97 Å². The average molecular weight is 423 g/mol. The normalized spacial score (nSPS) is 11.9. The minimum absolute atomic E-state index is 0.00989. The van der Waals surface area contributed by atoms with Crippen LogP contribution >= 0.6 is 0 Å². The molecule has 0 aromatic heterocycles. The third-order valence-corrected chi connectivity index (χ3v) is 4.33. The van der Waals surface area contributed by atoms with Crippen molar-refractivity contribution in [1.29, 1.82) is 0 Å². The van der Waals surface area contributed by atoms with Crippen molar-refractivity contribution in [3.05, 3.63) is 101 Å². The predicted molar refractivity (Wildman–Crippen MR) is 110 cm³/mol. The van der Waals surface area contributed by atoms with Crippen LogP contribution in [0.25, 0.3) is 6.08 Å². The van der Waals surface area contributed by atoms with Gasteiger partial charge < -0.3 is 14.7 Å². The van der Waals surface area contributed by atoms with E-state index in [0.29, 0.717) is 11.3 Å². The Morgan fingerprint density at radius 2 is 1.74 bits per heavy atom. The topological polar surface area (TPSA) is 100 Å². The molecular formula is C23H18FNO6. The number of hydrogen-bond donors (Lipinski definition) is 2. The number of nitrogens with one attached hydrogen (secondary N) is 1. The van der Waals surface area contributed by atoms with Crippen LogP contribution in [0, 0.1) is 11.0 Å². The Hall–Kier alpha value is -3.85. The summed E-state index contributed by atoms with van der Waals surface area (Å²) >= 11 is 0. The van der Waals surface area contributed by atoms with E-state index in [4.69, 9.17) is 14.7 Å². The molecule has 7 nitrogen and oxygen atoms in total. The third kappa shape index (κ3) is 5.40. The molecule has 0 aliphatic carbocycles. The van der Waals surface area contributed by atoms with Crippen LogP contribution in [0.3, 0.4) is 0 Å². The van der Waals surface area contributed by atoms with Gasteiger partial charge in [0.2, 0.25) is 0 Å². The van der Waals surface area contributed by atoms with Crippen molar-refractivity contribution >= 4 is 23.5 Å². The number of carbonyl (C=O) groups is 2. The van der Waals surface area contributed by atoms with E-state index in [-0.39, 0.29) is 22.6 Å². The fraction of sp³-hybridized carbons (Fsp3) is 0.0435. The number of ketones is 1. The minimum atomic E-state index is -1.13. The number of benzene rings is 3. The number of quaternary nitrogens is 1. The fourth-order valence-electron chi connectivity index (χ4n) is 2.75. The number of carbonyl (C=O) groups excluding carboxylic acids is 2. The van der Waals surface area contributed by atoms with Crippen LogP contribution in [0.15, 0.2) is 72.8 Å². The van der Waals surface area contributed by atoms with Gasteiger partial charge in [-0.15, -0.1) is 0 Å². The average Bonchev–Trinajstić information content (AvgIpc) is 2.78. The Morgan fingerprint density at radius 1 is 1.03 bits per heavy atom. The Kier molecular flexibility index (Phi) is 6.88. The molecule has 1 unspecified atom stereocenters. The van der Waals surface area contributed by atoms with Crippen molar-refractivity contribution < 1.29 is 33.9 Å². The van der Waals surface area contributed by atoms with E-state index < -0.39 is 22.8 Å². The van der Waals surface area contributed by atoms with Crippen LogP contribution in [-0.4, -0.2) is 24.1 Å². The van der Waals surface area contributed by atoms with E-state index in [2.05, 4.69) is 0 Å². The third-order valence-electron chi connectivity index (χ3n) is 4.33. The second-order valence-corrected chi connectivity index (χ2v) is 6.35. The van der Waals surface area contributed by atoms with Gasteiger partial charge in [-0.3, -0.25) is 4.79 Å². The summed E-state index contributed by atoms with van der Waals surface area (Å²) in [5, 5.41) is 18.7. The summed E-state index contributed by atoms with van der Waals surface area (Å²) in [6.07, 6.45) is 2.74. The molecular weight excluding hydrogens is 405 g/mol. The number of esters is 1. The smallest absolute Gasteiger partial charge is 0.343 e. The summed E-state index contributed by atoms with van der Waals surface area (Å²) in [7, 11) is 1.50. The zero-order chi connectivity index (χ0) is 22.4. The molecule has 0 heterocycles. The van der Waals surface area contributed by atoms with Crippen LogP contribution in [0.1, 0.15) is 26.3 Å². The van der Waals surface area contributed by atoms with Crippen molar-refractivity contribution in [2.75, 3.05) is 7.11 Å². The van der Waals surface area contributed by atoms with Gasteiger partial charge in [0.25, 0.3) is 0 Å². The SMILES string of the molecule is COc1ccccc1C=CC(=O)c1cc(F)ccc1OC(=O)c1ccc([NH+]([O-])O)cc1. The molecule has 0 saturated carbocycles. The molecule has 31 heavy (non-hydrogen) atoms. The van der Waals surface area contributed by atoms with Crippen LogP contribution in [0.4, 0.5) is 10.1 Å². The van der Waals surface area contributed by atoms with E-state index in [1.165, 1.54) is 49.6 Å².